The Balaban J connectivity index is 2.71. The van der Waals surface area contributed by atoms with E-state index >= 15 is 0 Å². The summed E-state index contributed by atoms with van der Waals surface area (Å²) in [5.74, 6) is -0.0421. The molecule has 0 spiro atoms. The molecule has 0 aromatic rings. The van der Waals surface area contributed by atoms with Gasteiger partial charge in [-0.15, -0.1) is 0 Å². The lowest BCUT2D eigenvalue weighted by Crippen LogP contribution is -2.56. The van der Waals surface area contributed by atoms with Crippen LogP contribution in [0.3, 0.4) is 0 Å². The predicted octanol–water partition coefficient (Wildman–Crippen LogP) is 2.34. The Morgan fingerprint density at radius 1 is 1.42 bits per heavy atom. The molecular weight excluding hydrogens is 240 g/mol. The number of likely N-dealkylation sites (tertiary alicyclic amines) is 1. The highest BCUT2D eigenvalue weighted by molar-refractivity contribution is 5.78. The van der Waals surface area contributed by atoms with Crippen LogP contribution in [0.1, 0.15) is 54.4 Å². The number of hydrogen-bond acceptors (Lipinski definition) is 3. The molecule has 1 aliphatic rings. The summed E-state index contributed by atoms with van der Waals surface area (Å²) in [5.41, 5.74) is -0.848. The van der Waals surface area contributed by atoms with E-state index in [0.717, 1.165) is 6.54 Å². The van der Waals surface area contributed by atoms with Gasteiger partial charge in [0.1, 0.15) is 5.54 Å². The number of rotatable bonds is 6. The quantitative estimate of drug-likeness (QED) is 0.778. The van der Waals surface area contributed by atoms with Crippen LogP contribution in [-0.2, 0) is 4.79 Å². The van der Waals surface area contributed by atoms with Gasteiger partial charge in [-0.25, -0.2) is 0 Å². The summed E-state index contributed by atoms with van der Waals surface area (Å²) < 4.78 is 0. The molecule has 4 heteroatoms. The van der Waals surface area contributed by atoms with Crippen molar-refractivity contribution in [1.29, 1.82) is 0 Å². The molecule has 1 aliphatic heterocycles. The fourth-order valence-electron chi connectivity index (χ4n) is 3.50. The van der Waals surface area contributed by atoms with E-state index in [2.05, 4.69) is 31.0 Å². The maximum absolute atomic E-state index is 11.6. The number of nitrogens with one attached hydrogen (secondary N) is 1. The van der Waals surface area contributed by atoms with Gasteiger partial charge >= 0.3 is 5.97 Å². The van der Waals surface area contributed by atoms with Gasteiger partial charge in [-0.2, -0.15) is 0 Å². The minimum Gasteiger partial charge on any atom is -0.480 e. The number of carbonyl (C=O) groups is 1. The highest BCUT2D eigenvalue weighted by atomic mass is 16.4. The molecule has 112 valence electrons. The number of hydrogen-bond donors (Lipinski definition) is 2. The van der Waals surface area contributed by atoms with Crippen molar-refractivity contribution in [2.75, 3.05) is 6.54 Å². The second-order valence-electron chi connectivity index (χ2n) is 6.88. The summed E-state index contributed by atoms with van der Waals surface area (Å²) >= 11 is 0. The van der Waals surface area contributed by atoms with Crippen LogP contribution in [0.25, 0.3) is 0 Å². The lowest BCUT2D eigenvalue weighted by Gasteiger charge is -2.36. The van der Waals surface area contributed by atoms with E-state index in [9.17, 15) is 9.90 Å². The molecular formula is C15H30N2O2. The van der Waals surface area contributed by atoms with Gasteiger partial charge in [0.05, 0.1) is 0 Å². The number of nitrogens with zero attached hydrogens (tertiary/aromatic N) is 1. The van der Waals surface area contributed by atoms with Crippen molar-refractivity contribution in [3.63, 3.8) is 0 Å². The van der Waals surface area contributed by atoms with E-state index in [4.69, 9.17) is 0 Å². The molecule has 2 N–H and O–H groups in total. The van der Waals surface area contributed by atoms with Crippen molar-refractivity contribution in [3.8, 4) is 0 Å². The fourth-order valence-corrected chi connectivity index (χ4v) is 3.50. The SMILES string of the molecule is CC1CC(C)N(C(C)CC(C)(NC(C)C)C(=O)O)C1. The number of aliphatic carboxylic acids is 1. The monoisotopic (exact) mass is 270 g/mol. The van der Waals surface area contributed by atoms with Crippen LogP contribution in [0.15, 0.2) is 0 Å². The van der Waals surface area contributed by atoms with Gasteiger partial charge in [0, 0.05) is 24.7 Å². The number of carboxylic acid groups (broad SMARTS) is 1. The third-order valence-electron chi connectivity index (χ3n) is 4.18. The van der Waals surface area contributed by atoms with Crippen molar-refractivity contribution in [2.24, 2.45) is 5.92 Å². The maximum atomic E-state index is 11.6. The summed E-state index contributed by atoms with van der Waals surface area (Å²) in [6.45, 7) is 13.5. The van der Waals surface area contributed by atoms with Crippen molar-refractivity contribution in [1.82, 2.24) is 10.2 Å². The summed E-state index contributed by atoms with van der Waals surface area (Å²) in [6.07, 6.45) is 1.85. The van der Waals surface area contributed by atoms with Crippen LogP contribution in [0.4, 0.5) is 0 Å². The fraction of sp³-hybridized carbons (Fsp3) is 0.933. The van der Waals surface area contributed by atoms with Gasteiger partial charge in [0.15, 0.2) is 0 Å². The van der Waals surface area contributed by atoms with Gasteiger partial charge in [-0.05, 0) is 53.4 Å². The molecule has 0 amide bonds. The topological polar surface area (TPSA) is 52.6 Å². The van der Waals surface area contributed by atoms with Crippen LogP contribution >= 0.6 is 0 Å². The smallest absolute Gasteiger partial charge is 0.323 e. The molecule has 1 fully saturated rings. The lowest BCUT2D eigenvalue weighted by atomic mass is 9.92. The molecule has 0 aliphatic carbocycles. The van der Waals surface area contributed by atoms with E-state index in [1.165, 1.54) is 6.42 Å². The molecule has 4 atom stereocenters. The first-order valence-electron chi connectivity index (χ1n) is 7.42. The van der Waals surface area contributed by atoms with Gasteiger partial charge in [0.25, 0.3) is 0 Å². The minimum absolute atomic E-state index is 0.170. The van der Waals surface area contributed by atoms with E-state index in [-0.39, 0.29) is 12.1 Å². The first kappa shape index (κ1) is 16.4. The molecule has 0 radical (unpaired) electrons. The van der Waals surface area contributed by atoms with Gasteiger partial charge < -0.3 is 5.11 Å². The minimum atomic E-state index is -0.848. The highest BCUT2D eigenvalue weighted by Crippen LogP contribution is 2.28. The van der Waals surface area contributed by atoms with E-state index < -0.39 is 11.5 Å². The van der Waals surface area contributed by atoms with Crippen molar-refractivity contribution >= 4 is 5.97 Å². The molecule has 0 bridgehead atoms. The second kappa shape index (κ2) is 6.23. The Morgan fingerprint density at radius 2 is 2.00 bits per heavy atom. The van der Waals surface area contributed by atoms with Gasteiger partial charge in [-0.3, -0.25) is 15.0 Å². The standard InChI is InChI=1S/C15H30N2O2/c1-10(2)16-15(6,14(18)19)8-13(5)17-9-11(3)7-12(17)4/h10-13,16H,7-9H2,1-6H3,(H,18,19). The maximum Gasteiger partial charge on any atom is 0.323 e. The molecule has 1 heterocycles. The second-order valence-corrected chi connectivity index (χ2v) is 6.88. The highest BCUT2D eigenvalue weighted by Gasteiger charge is 2.39. The van der Waals surface area contributed by atoms with E-state index in [1.807, 2.05) is 13.8 Å². The zero-order valence-electron chi connectivity index (χ0n) is 13.2. The van der Waals surface area contributed by atoms with Gasteiger partial charge in [-0.1, -0.05) is 6.92 Å². The molecule has 0 aromatic carbocycles. The van der Waals surface area contributed by atoms with Crippen molar-refractivity contribution in [2.45, 2.75) is 78.0 Å². The zero-order valence-corrected chi connectivity index (χ0v) is 13.2. The van der Waals surface area contributed by atoms with Crippen LogP contribution < -0.4 is 5.32 Å². The molecule has 0 aromatic heterocycles. The van der Waals surface area contributed by atoms with Gasteiger partial charge in [0.2, 0.25) is 0 Å². The average Bonchev–Trinajstić information content (AvgIpc) is 2.56. The van der Waals surface area contributed by atoms with Crippen molar-refractivity contribution < 1.29 is 9.90 Å². The molecule has 0 saturated carbocycles. The van der Waals surface area contributed by atoms with Crippen molar-refractivity contribution in [3.05, 3.63) is 0 Å². The Kier molecular flexibility index (Phi) is 5.39. The number of carboxylic acids is 1. The normalized spacial score (nSPS) is 29.4. The summed E-state index contributed by atoms with van der Waals surface area (Å²) in [4.78, 5) is 14.0. The Bertz CT molecular complexity index is 319. The molecule has 1 rings (SSSR count). The average molecular weight is 270 g/mol. The zero-order chi connectivity index (χ0) is 14.8. The lowest BCUT2D eigenvalue weighted by molar-refractivity contribution is -0.145. The third kappa shape index (κ3) is 4.18. The predicted molar refractivity (Wildman–Crippen MR) is 78.3 cm³/mol. The first-order chi connectivity index (χ1) is 8.65. The van der Waals surface area contributed by atoms with E-state index in [1.54, 1.807) is 6.92 Å². The summed E-state index contributed by atoms with van der Waals surface area (Å²) in [6, 6.07) is 1.01. The first-order valence-corrected chi connectivity index (χ1v) is 7.42. The third-order valence-corrected chi connectivity index (χ3v) is 4.18. The Hall–Kier alpha value is -0.610. The van der Waals surface area contributed by atoms with Crippen LogP contribution in [0.5, 0.6) is 0 Å². The van der Waals surface area contributed by atoms with Crippen LogP contribution in [-0.4, -0.2) is 46.2 Å². The molecule has 4 nitrogen and oxygen atoms in total. The Morgan fingerprint density at radius 3 is 2.37 bits per heavy atom. The van der Waals surface area contributed by atoms with Crippen LogP contribution in [0, 0.1) is 5.92 Å². The summed E-state index contributed by atoms with van der Waals surface area (Å²) in [5, 5.41) is 12.7. The molecule has 4 unspecified atom stereocenters. The summed E-state index contributed by atoms with van der Waals surface area (Å²) in [7, 11) is 0. The van der Waals surface area contributed by atoms with Crippen LogP contribution in [0.2, 0.25) is 0 Å². The largest absolute Gasteiger partial charge is 0.480 e. The molecule has 1 saturated heterocycles. The molecule has 19 heavy (non-hydrogen) atoms. The van der Waals surface area contributed by atoms with E-state index in [0.29, 0.717) is 18.4 Å². The Labute approximate surface area is 117 Å².